The second-order valence-corrected chi connectivity index (χ2v) is 8.05. The third-order valence-corrected chi connectivity index (χ3v) is 5.98. The highest BCUT2D eigenvalue weighted by Gasteiger charge is 2.26. The number of methoxy groups -OCH3 is 1. The second-order valence-electron chi connectivity index (χ2n) is 7.23. The Morgan fingerprint density at radius 3 is 2.57 bits per heavy atom. The highest BCUT2D eigenvalue weighted by molar-refractivity contribution is 6.37. The number of nitrogens with zero attached hydrogens (tertiary/aromatic N) is 1. The van der Waals surface area contributed by atoms with E-state index in [-0.39, 0.29) is 5.91 Å². The van der Waals surface area contributed by atoms with E-state index in [4.69, 9.17) is 32.7 Å². The van der Waals surface area contributed by atoms with Crippen molar-refractivity contribution >= 4 is 29.1 Å². The zero-order valence-electron chi connectivity index (χ0n) is 15.8. The van der Waals surface area contributed by atoms with Crippen LogP contribution in [0.15, 0.2) is 30.3 Å². The van der Waals surface area contributed by atoms with Gasteiger partial charge >= 0.3 is 0 Å². The van der Waals surface area contributed by atoms with Crippen LogP contribution in [-0.4, -0.2) is 50.7 Å². The van der Waals surface area contributed by atoms with Crippen LogP contribution in [0.2, 0.25) is 10.0 Å². The van der Waals surface area contributed by atoms with Crippen LogP contribution >= 0.6 is 23.2 Å². The molecule has 0 radical (unpaired) electrons. The SMILES string of the molecule is COc1c(Cl)cc(C(=O)N2CC[NH+](Cc3ccc4c(c3)CCO4)CC2)cc1Cl. The van der Waals surface area contributed by atoms with E-state index >= 15 is 0 Å². The lowest BCUT2D eigenvalue weighted by Crippen LogP contribution is -3.13. The van der Waals surface area contributed by atoms with E-state index in [0.717, 1.165) is 38.4 Å². The summed E-state index contributed by atoms with van der Waals surface area (Å²) in [5, 5.41) is 0.700. The number of fused-ring (bicyclic) bond motifs is 1. The van der Waals surface area contributed by atoms with Crippen molar-refractivity contribution in [3.05, 3.63) is 57.1 Å². The van der Waals surface area contributed by atoms with Crippen LogP contribution in [0.1, 0.15) is 21.5 Å². The van der Waals surface area contributed by atoms with Crippen molar-refractivity contribution in [3.63, 3.8) is 0 Å². The van der Waals surface area contributed by atoms with Gasteiger partial charge in [-0.1, -0.05) is 23.2 Å². The first-order valence-corrected chi connectivity index (χ1v) is 10.2. The van der Waals surface area contributed by atoms with Crippen LogP contribution in [0.3, 0.4) is 0 Å². The predicted octanol–water partition coefficient (Wildman–Crippen LogP) is 2.48. The molecule has 7 heteroatoms. The summed E-state index contributed by atoms with van der Waals surface area (Å²) in [7, 11) is 1.50. The van der Waals surface area contributed by atoms with Crippen LogP contribution in [-0.2, 0) is 13.0 Å². The van der Waals surface area contributed by atoms with Crippen LogP contribution < -0.4 is 14.4 Å². The summed E-state index contributed by atoms with van der Waals surface area (Å²) in [6, 6.07) is 9.74. The standard InChI is InChI=1S/C21H22Cl2N2O3/c1-27-20-17(22)11-16(12-18(20)23)21(26)25-7-5-24(6-8-25)13-14-2-3-19-15(10-14)4-9-28-19/h2-3,10-12H,4-9,13H2,1H3/p+1. The van der Waals surface area contributed by atoms with Crippen molar-refractivity contribution < 1.29 is 19.2 Å². The largest absolute Gasteiger partial charge is 0.494 e. The number of hydrogen-bond donors (Lipinski definition) is 1. The molecule has 0 saturated carbocycles. The smallest absolute Gasteiger partial charge is 0.254 e. The lowest BCUT2D eigenvalue weighted by atomic mass is 10.1. The van der Waals surface area contributed by atoms with Gasteiger partial charge in [0.15, 0.2) is 5.75 Å². The summed E-state index contributed by atoms with van der Waals surface area (Å²) in [6.45, 7) is 5.00. The summed E-state index contributed by atoms with van der Waals surface area (Å²) in [6.07, 6.45) is 0.994. The maximum Gasteiger partial charge on any atom is 0.254 e. The Hall–Kier alpha value is -1.95. The van der Waals surface area contributed by atoms with Gasteiger partial charge in [-0.15, -0.1) is 0 Å². The molecule has 0 bridgehead atoms. The minimum absolute atomic E-state index is 0.0415. The molecule has 2 aliphatic rings. The molecule has 28 heavy (non-hydrogen) atoms. The van der Waals surface area contributed by atoms with Crippen molar-refractivity contribution in [2.45, 2.75) is 13.0 Å². The van der Waals surface area contributed by atoms with Gasteiger partial charge in [-0.3, -0.25) is 4.79 Å². The molecule has 148 valence electrons. The first kappa shape index (κ1) is 19.4. The third-order valence-electron chi connectivity index (χ3n) is 5.42. The summed E-state index contributed by atoms with van der Waals surface area (Å²) in [5.74, 6) is 1.38. The molecule has 0 unspecified atom stereocenters. The highest BCUT2D eigenvalue weighted by Crippen LogP contribution is 2.34. The molecule has 0 spiro atoms. The zero-order valence-corrected chi connectivity index (χ0v) is 17.3. The number of quaternary nitrogens is 1. The van der Waals surface area contributed by atoms with Crippen molar-refractivity contribution in [2.24, 2.45) is 0 Å². The van der Waals surface area contributed by atoms with Crippen molar-refractivity contribution in [2.75, 3.05) is 39.9 Å². The monoisotopic (exact) mass is 421 g/mol. The summed E-state index contributed by atoms with van der Waals surface area (Å²) < 4.78 is 10.7. The maximum atomic E-state index is 12.8. The first-order chi connectivity index (χ1) is 13.5. The first-order valence-electron chi connectivity index (χ1n) is 9.45. The number of nitrogens with one attached hydrogen (secondary N) is 1. The number of hydrogen-bond acceptors (Lipinski definition) is 3. The van der Waals surface area contributed by atoms with E-state index in [1.54, 1.807) is 12.1 Å². The highest BCUT2D eigenvalue weighted by atomic mass is 35.5. The second kappa shape index (κ2) is 8.19. The molecule has 0 aromatic heterocycles. The molecular formula is C21H23Cl2N2O3+. The molecule has 1 amide bonds. The minimum atomic E-state index is -0.0415. The Bertz CT molecular complexity index is 872. The van der Waals surface area contributed by atoms with Crippen LogP contribution in [0, 0.1) is 0 Å². The number of amides is 1. The molecule has 2 aliphatic heterocycles. The van der Waals surface area contributed by atoms with Crippen LogP contribution in [0.5, 0.6) is 11.5 Å². The van der Waals surface area contributed by atoms with Gasteiger partial charge in [0.2, 0.25) is 0 Å². The van der Waals surface area contributed by atoms with E-state index in [1.807, 2.05) is 4.90 Å². The fourth-order valence-corrected chi connectivity index (χ4v) is 4.54. The molecule has 1 N–H and O–H groups in total. The molecular weight excluding hydrogens is 399 g/mol. The molecule has 1 saturated heterocycles. The molecule has 2 aromatic rings. The van der Waals surface area contributed by atoms with Crippen LogP contribution in [0.4, 0.5) is 0 Å². The number of ether oxygens (including phenoxy) is 2. The van der Waals surface area contributed by atoms with Crippen molar-refractivity contribution in [1.82, 2.24) is 4.90 Å². The minimum Gasteiger partial charge on any atom is -0.494 e. The third kappa shape index (κ3) is 3.93. The lowest BCUT2D eigenvalue weighted by Gasteiger charge is -2.32. The average molecular weight is 422 g/mol. The number of carbonyl (C=O) groups excluding carboxylic acids is 1. The van der Waals surface area contributed by atoms with Gasteiger partial charge in [-0.2, -0.15) is 0 Å². The fourth-order valence-electron chi connectivity index (χ4n) is 3.90. The van der Waals surface area contributed by atoms with Gasteiger partial charge < -0.3 is 19.3 Å². The normalized spacial score (nSPS) is 16.6. The van der Waals surface area contributed by atoms with Gasteiger partial charge in [0, 0.05) is 17.5 Å². The van der Waals surface area contributed by atoms with E-state index < -0.39 is 0 Å². The Kier molecular flexibility index (Phi) is 5.67. The summed E-state index contributed by atoms with van der Waals surface area (Å²) in [5.41, 5.74) is 3.13. The Labute approximate surface area is 174 Å². The Morgan fingerprint density at radius 2 is 1.89 bits per heavy atom. The number of halogens is 2. The van der Waals surface area contributed by atoms with Gasteiger partial charge in [-0.25, -0.2) is 0 Å². The van der Waals surface area contributed by atoms with Gasteiger partial charge in [0.25, 0.3) is 5.91 Å². The van der Waals surface area contributed by atoms with E-state index in [2.05, 4.69) is 18.2 Å². The molecule has 5 nitrogen and oxygen atoms in total. The van der Waals surface area contributed by atoms with Gasteiger partial charge in [0.05, 0.1) is 49.9 Å². The van der Waals surface area contributed by atoms with E-state index in [0.29, 0.717) is 34.4 Å². The predicted molar refractivity (Wildman–Crippen MR) is 109 cm³/mol. The van der Waals surface area contributed by atoms with Gasteiger partial charge in [0.1, 0.15) is 12.3 Å². The van der Waals surface area contributed by atoms with Gasteiger partial charge in [-0.05, 0) is 35.9 Å². The van der Waals surface area contributed by atoms with E-state index in [1.165, 1.54) is 23.1 Å². The molecule has 0 atom stereocenters. The summed E-state index contributed by atoms with van der Waals surface area (Å²) >= 11 is 12.4. The molecule has 4 rings (SSSR count). The maximum absolute atomic E-state index is 12.8. The molecule has 2 heterocycles. The quantitative estimate of drug-likeness (QED) is 0.824. The lowest BCUT2D eigenvalue weighted by molar-refractivity contribution is -0.917. The average Bonchev–Trinajstić information content (AvgIpc) is 3.15. The molecule has 1 fully saturated rings. The van der Waals surface area contributed by atoms with Crippen molar-refractivity contribution in [3.8, 4) is 11.5 Å². The Balaban J connectivity index is 1.37. The zero-order chi connectivity index (χ0) is 19.7. The van der Waals surface area contributed by atoms with Crippen molar-refractivity contribution in [1.29, 1.82) is 0 Å². The number of carbonyl (C=O) groups is 1. The van der Waals surface area contributed by atoms with E-state index in [9.17, 15) is 4.79 Å². The van der Waals surface area contributed by atoms with Crippen LogP contribution in [0.25, 0.3) is 0 Å². The topological polar surface area (TPSA) is 43.2 Å². The summed E-state index contributed by atoms with van der Waals surface area (Å²) in [4.78, 5) is 16.2. The number of benzene rings is 2. The fraction of sp³-hybridized carbons (Fsp3) is 0.381. The molecule has 0 aliphatic carbocycles. The number of rotatable bonds is 4. The molecule has 2 aromatic carbocycles. The number of piperazine rings is 1. The Morgan fingerprint density at radius 1 is 1.18 bits per heavy atom.